The number of hydrogen-bond acceptors (Lipinski definition) is 6. The Morgan fingerprint density at radius 1 is 1.22 bits per heavy atom. The van der Waals surface area contributed by atoms with Crippen molar-refractivity contribution in [1.29, 1.82) is 0 Å². The molecule has 9 heteroatoms. The van der Waals surface area contributed by atoms with E-state index in [0.717, 1.165) is 36.2 Å². The highest BCUT2D eigenvalue weighted by atomic mass is 32.2. The molecule has 0 spiro atoms. The van der Waals surface area contributed by atoms with Crippen molar-refractivity contribution in [2.45, 2.75) is 70.6 Å². The van der Waals surface area contributed by atoms with Gasteiger partial charge >= 0.3 is 5.97 Å². The predicted octanol–water partition coefficient (Wildman–Crippen LogP) is 6.05. The molecule has 2 heterocycles. The molecule has 36 heavy (non-hydrogen) atoms. The van der Waals surface area contributed by atoms with Gasteiger partial charge in [-0.05, 0) is 41.9 Å². The van der Waals surface area contributed by atoms with E-state index in [1.165, 1.54) is 0 Å². The molecule has 0 aliphatic carbocycles. The monoisotopic (exact) mass is 531 g/mol. The molecule has 0 aliphatic heterocycles. The van der Waals surface area contributed by atoms with Crippen molar-refractivity contribution < 1.29 is 17.9 Å². The predicted molar refractivity (Wildman–Crippen MR) is 145 cm³/mol. The van der Waals surface area contributed by atoms with Crippen molar-refractivity contribution in [1.82, 2.24) is 9.55 Å². The molecule has 3 aromatic rings. The molecule has 3 rings (SSSR count). The number of nitrogens with zero attached hydrogens (tertiary/aromatic N) is 2. The number of esters is 1. The Hall–Kier alpha value is -2.49. The topological polar surface area (TPSA) is 104 Å². The van der Waals surface area contributed by atoms with Crippen LogP contribution in [0.2, 0.25) is 0 Å². The third-order valence-corrected chi connectivity index (χ3v) is 8.96. The van der Waals surface area contributed by atoms with Gasteiger partial charge in [-0.1, -0.05) is 65.7 Å². The number of carbonyl (C=O) groups is 1. The molecule has 0 saturated carbocycles. The summed E-state index contributed by atoms with van der Waals surface area (Å²) in [7, 11) is -4.08. The maximum Gasteiger partial charge on any atom is 0.339 e. The Balaban J connectivity index is 2.24. The molecule has 1 aromatic carbocycles. The van der Waals surface area contributed by atoms with Gasteiger partial charge in [0.05, 0.1) is 24.5 Å². The maximum atomic E-state index is 13.4. The Kier molecular flexibility index (Phi) is 9.49. The molecule has 0 radical (unpaired) electrons. The Bertz CT molecular complexity index is 1260. The first-order valence-electron chi connectivity index (χ1n) is 12.5. The smallest absolute Gasteiger partial charge is 0.339 e. The zero-order chi connectivity index (χ0) is 26.5. The number of carbonyl (C=O) groups excluding carboxylic acids is 1. The summed E-state index contributed by atoms with van der Waals surface area (Å²) < 4.78 is 33.1. The normalized spacial score (nSPS) is 13.6. The molecule has 0 aliphatic rings. The summed E-state index contributed by atoms with van der Waals surface area (Å²) >= 11 is 1.08. The second kappa shape index (κ2) is 12.2. The van der Waals surface area contributed by atoms with Crippen LogP contribution < -0.4 is 5.14 Å². The van der Waals surface area contributed by atoms with E-state index in [0.29, 0.717) is 33.9 Å². The van der Waals surface area contributed by atoms with Crippen LogP contribution in [0.3, 0.4) is 0 Å². The van der Waals surface area contributed by atoms with Crippen molar-refractivity contribution in [3.63, 3.8) is 0 Å². The number of unbranched alkanes of at least 4 members (excludes halogenated alkanes) is 1. The van der Waals surface area contributed by atoms with Crippen LogP contribution in [0.5, 0.6) is 0 Å². The first-order valence-corrected chi connectivity index (χ1v) is 14.9. The van der Waals surface area contributed by atoms with Gasteiger partial charge in [-0.25, -0.2) is 23.3 Å². The van der Waals surface area contributed by atoms with E-state index < -0.39 is 16.0 Å². The van der Waals surface area contributed by atoms with E-state index in [1.807, 2.05) is 51.2 Å². The van der Waals surface area contributed by atoms with Crippen LogP contribution in [0.4, 0.5) is 0 Å². The van der Waals surface area contributed by atoms with Crippen LogP contribution in [0, 0.1) is 11.8 Å². The standard InChI is InChI=1S/C27H37N3O4S2/c1-6-8-14-34-26(31)24-22(15-18(3)4)35-27(36(28,32)33)23(24)20-10-9-11-21(16-20)25(19(5)7-2)30-13-12-29-17-30/h9-13,16-19,25H,6-8,14-15H2,1-5H3,(H2,28,32,33). The molecule has 2 aromatic heterocycles. The van der Waals surface area contributed by atoms with Crippen LogP contribution in [-0.2, 0) is 21.2 Å². The van der Waals surface area contributed by atoms with Crippen molar-refractivity contribution in [2.24, 2.45) is 17.0 Å². The van der Waals surface area contributed by atoms with E-state index in [2.05, 4.69) is 23.4 Å². The second-order valence-corrected chi connectivity index (χ2v) is 12.5. The number of ether oxygens (including phenoxy) is 1. The summed E-state index contributed by atoms with van der Waals surface area (Å²) in [6.45, 7) is 10.7. The summed E-state index contributed by atoms with van der Waals surface area (Å²) in [6.07, 6.45) is 8.60. The van der Waals surface area contributed by atoms with E-state index >= 15 is 0 Å². The molecule has 196 valence electrons. The highest BCUT2D eigenvalue weighted by Gasteiger charge is 2.31. The van der Waals surface area contributed by atoms with E-state index in [1.54, 1.807) is 12.5 Å². The van der Waals surface area contributed by atoms with Crippen LogP contribution in [-0.4, -0.2) is 30.5 Å². The lowest BCUT2D eigenvalue weighted by atomic mass is 9.90. The van der Waals surface area contributed by atoms with Gasteiger partial charge in [0, 0.05) is 22.8 Å². The van der Waals surface area contributed by atoms with Gasteiger partial charge in [0.2, 0.25) is 10.0 Å². The molecule has 0 amide bonds. The van der Waals surface area contributed by atoms with Crippen molar-refractivity contribution in [3.05, 3.63) is 59.0 Å². The molecular formula is C27H37N3O4S2. The summed E-state index contributed by atoms with van der Waals surface area (Å²) in [5, 5.41) is 5.69. The van der Waals surface area contributed by atoms with Gasteiger partial charge < -0.3 is 9.30 Å². The highest BCUT2D eigenvalue weighted by molar-refractivity contribution is 7.91. The number of aromatic nitrogens is 2. The van der Waals surface area contributed by atoms with Gasteiger partial charge in [-0.2, -0.15) is 0 Å². The van der Waals surface area contributed by atoms with Crippen molar-refractivity contribution in [2.75, 3.05) is 6.61 Å². The minimum Gasteiger partial charge on any atom is -0.462 e. The number of thiophene rings is 1. The molecule has 0 fully saturated rings. The van der Waals surface area contributed by atoms with Gasteiger partial charge in [-0.3, -0.25) is 0 Å². The second-order valence-electron chi connectivity index (χ2n) is 9.66. The van der Waals surface area contributed by atoms with Gasteiger partial charge in [-0.15, -0.1) is 11.3 Å². The number of nitrogens with two attached hydrogens (primary N) is 1. The first kappa shape index (κ1) is 28.1. The third-order valence-electron chi connectivity index (χ3n) is 6.28. The van der Waals surface area contributed by atoms with E-state index in [-0.39, 0.29) is 22.8 Å². The van der Waals surface area contributed by atoms with Crippen molar-refractivity contribution >= 4 is 27.3 Å². The minimum atomic E-state index is -4.08. The lowest BCUT2D eigenvalue weighted by Crippen LogP contribution is -2.17. The Morgan fingerprint density at radius 3 is 2.56 bits per heavy atom. The fourth-order valence-electron chi connectivity index (χ4n) is 4.36. The fourth-order valence-corrected chi connectivity index (χ4v) is 6.88. The zero-order valence-corrected chi connectivity index (χ0v) is 23.4. The number of imidazole rings is 1. The molecule has 7 nitrogen and oxygen atoms in total. The van der Waals surface area contributed by atoms with Crippen molar-refractivity contribution in [3.8, 4) is 11.1 Å². The molecular weight excluding hydrogens is 494 g/mol. The molecule has 2 unspecified atom stereocenters. The summed E-state index contributed by atoms with van der Waals surface area (Å²) in [5.74, 6) is 0.0118. The van der Waals surface area contributed by atoms with Crippen LogP contribution in [0.1, 0.15) is 80.7 Å². The van der Waals surface area contributed by atoms with Crippen LogP contribution in [0.25, 0.3) is 11.1 Å². The van der Waals surface area contributed by atoms with Crippen LogP contribution >= 0.6 is 11.3 Å². The third kappa shape index (κ3) is 6.44. The quantitative estimate of drug-likeness (QED) is 0.226. The highest BCUT2D eigenvalue weighted by Crippen LogP contribution is 2.42. The lowest BCUT2D eigenvalue weighted by molar-refractivity contribution is 0.0500. The average molecular weight is 532 g/mol. The largest absolute Gasteiger partial charge is 0.462 e. The number of hydrogen-bond donors (Lipinski definition) is 1. The SMILES string of the molecule is CCCCOC(=O)c1c(CC(C)C)sc(S(N)(=O)=O)c1-c1cccc(C(C(C)CC)n2ccnc2)c1. The summed E-state index contributed by atoms with van der Waals surface area (Å²) in [6, 6.07) is 7.73. The fraction of sp³-hybridized carbons (Fsp3) is 0.481. The molecule has 2 N–H and O–H groups in total. The zero-order valence-electron chi connectivity index (χ0n) is 21.7. The van der Waals surface area contributed by atoms with Gasteiger partial charge in [0.15, 0.2) is 0 Å². The van der Waals surface area contributed by atoms with Gasteiger partial charge in [0.1, 0.15) is 4.21 Å². The summed E-state index contributed by atoms with van der Waals surface area (Å²) in [5.41, 5.74) is 2.30. The maximum absolute atomic E-state index is 13.4. The Morgan fingerprint density at radius 2 is 1.97 bits per heavy atom. The summed E-state index contributed by atoms with van der Waals surface area (Å²) in [4.78, 5) is 18.3. The van der Waals surface area contributed by atoms with E-state index in [9.17, 15) is 13.2 Å². The molecule has 0 bridgehead atoms. The molecule has 2 atom stereocenters. The molecule has 0 saturated heterocycles. The number of sulfonamides is 1. The van der Waals surface area contributed by atoms with E-state index in [4.69, 9.17) is 9.88 Å². The number of primary sulfonamides is 1. The van der Waals surface area contributed by atoms with Crippen LogP contribution in [0.15, 0.2) is 47.2 Å². The first-order chi connectivity index (χ1) is 17.1. The lowest BCUT2D eigenvalue weighted by Gasteiger charge is -2.25. The minimum absolute atomic E-state index is 0.000428. The number of benzene rings is 1. The Labute approximate surface area is 218 Å². The van der Waals surface area contributed by atoms with Gasteiger partial charge in [0.25, 0.3) is 0 Å². The average Bonchev–Trinajstić information content (AvgIpc) is 3.47. The number of rotatable bonds is 12.